The Hall–Kier alpha value is -1.37. The maximum atomic E-state index is 8.94. The molecule has 19 heavy (non-hydrogen) atoms. The largest absolute Gasteiger partial charge is 0.357 e. The van der Waals surface area contributed by atoms with E-state index in [1.54, 1.807) is 0 Å². The molecule has 2 aliphatic rings. The number of likely N-dealkylation sites (tertiary alicyclic amines) is 1. The Balaban J connectivity index is 1.54. The summed E-state index contributed by atoms with van der Waals surface area (Å²) in [6.45, 7) is 3.18. The van der Waals surface area contributed by atoms with Crippen molar-refractivity contribution < 1.29 is 4.74 Å². The lowest BCUT2D eigenvalue weighted by atomic mass is 9.88. The molecule has 1 unspecified atom stereocenters. The van der Waals surface area contributed by atoms with Crippen LogP contribution in [0.25, 0.3) is 0 Å². The van der Waals surface area contributed by atoms with Crippen LogP contribution in [0.1, 0.15) is 31.2 Å². The first-order valence-corrected chi connectivity index (χ1v) is 7.13. The van der Waals surface area contributed by atoms with Crippen molar-refractivity contribution >= 4 is 0 Å². The van der Waals surface area contributed by atoms with Gasteiger partial charge in [-0.3, -0.25) is 4.90 Å². The average Bonchev–Trinajstić information content (AvgIpc) is 2.86. The number of hydrogen-bond donors (Lipinski definition) is 0. The highest BCUT2D eigenvalue weighted by Gasteiger charge is 2.42. The Morgan fingerprint density at radius 2 is 1.95 bits per heavy atom. The van der Waals surface area contributed by atoms with Gasteiger partial charge in [0.05, 0.1) is 11.7 Å². The van der Waals surface area contributed by atoms with Crippen LogP contribution in [-0.4, -0.2) is 29.7 Å². The molecule has 0 aliphatic carbocycles. The van der Waals surface area contributed by atoms with E-state index in [4.69, 9.17) is 10.00 Å². The molecule has 1 aromatic carbocycles. The van der Waals surface area contributed by atoms with Crippen LogP contribution in [0, 0.1) is 11.3 Å². The molecule has 0 saturated carbocycles. The van der Waals surface area contributed by atoms with Crippen LogP contribution in [0.4, 0.5) is 0 Å². The smallest absolute Gasteiger partial charge is 0.144 e. The maximum Gasteiger partial charge on any atom is 0.144 e. The van der Waals surface area contributed by atoms with Crippen LogP contribution in [0.3, 0.4) is 0 Å². The first-order chi connectivity index (χ1) is 9.30. The predicted octanol–water partition coefficient (Wildman–Crippen LogP) is 2.72. The van der Waals surface area contributed by atoms with E-state index in [2.05, 4.69) is 41.3 Å². The van der Waals surface area contributed by atoms with Crippen LogP contribution in [0.15, 0.2) is 30.3 Å². The van der Waals surface area contributed by atoms with Gasteiger partial charge in [0, 0.05) is 19.6 Å². The minimum Gasteiger partial charge on any atom is -0.357 e. The van der Waals surface area contributed by atoms with Gasteiger partial charge in [0.15, 0.2) is 0 Å². The molecular formula is C16H20N2O. The lowest BCUT2D eigenvalue weighted by molar-refractivity contribution is -0.0628. The molecule has 3 nitrogen and oxygen atoms in total. The second-order valence-electron chi connectivity index (χ2n) is 5.72. The molecule has 2 aliphatic heterocycles. The van der Waals surface area contributed by atoms with Crippen LogP contribution >= 0.6 is 0 Å². The predicted molar refractivity (Wildman–Crippen MR) is 73.4 cm³/mol. The van der Waals surface area contributed by atoms with Gasteiger partial charge in [0.1, 0.15) is 6.10 Å². The van der Waals surface area contributed by atoms with Crippen LogP contribution in [0.2, 0.25) is 0 Å². The molecule has 2 heterocycles. The van der Waals surface area contributed by atoms with E-state index in [1.165, 1.54) is 5.56 Å². The minimum absolute atomic E-state index is 0.00752. The van der Waals surface area contributed by atoms with Crippen molar-refractivity contribution in [3.05, 3.63) is 35.9 Å². The quantitative estimate of drug-likeness (QED) is 0.816. The van der Waals surface area contributed by atoms with Gasteiger partial charge < -0.3 is 4.74 Å². The Labute approximate surface area is 114 Å². The third-order valence-electron chi connectivity index (χ3n) is 4.41. The van der Waals surface area contributed by atoms with Gasteiger partial charge in [0.25, 0.3) is 0 Å². The highest BCUT2D eigenvalue weighted by molar-refractivity contribution is 5.14. The van der Waals surface area contributed by atoms with Crippen molar-refractivity contribution in [1.29, 1.82) is 5.26 Å². The van der Waals surface area contributed by atoms with E-state index in [9.17, 15) is 0 Å². The molecule has 0 aromatic heterocycles. The summed E-state index contributed by atoms with van der Waals surface area (Å²) in [6, 6.07) is 12.9. The number of nitriles is 1. The fraction of sp³-hybridized carbons (Fsp3) is 0.562. The van der Waals surface area contributed by atoms with Crippen molar-refractivity contribution in [3.63, 3.8) is 0 Å². The van der Waals surface area contributed by atoms with E-state index >= 15 is 0 Å². The summed E-state index contributed by atoms with van der Waals surface area (Å²) in [5.74, 6) is 0. The molecule has 0 radical (unpaired) electrons. The number of ether oxygens (including phenoxy) is 1. The van der Waals surface area contributed by atoms with Gasteiger partial charge >= 0.3 is 0 Å². The summed E-state index contributed by atoms with van der Waals surface area (Å²) in [5.41, 5.74) is 1.38. The Kier molecular flexibility index (Phi) is 3.54. The fourth-order valence-corrected chi connectivity index (χ4v) is 3.23. The van der Waals surface area contributed by atoms with E-state index in [1.807, 2.05) is 0 Å². The fourth-order valence-electron chi connectivity index (χ4n) is 3.23. The van der Waals surface area contributed by atoms with Gasteiger partial charge in [-0.2, -0.15) is 5.26 Å². The average molecular weight is 256 g/mol. The van der Waals surface area contributed by atoms with Gasteiger partial charge in [0.2, 0.25) is 0 Å². The number of nitrogens with zero attached hydrogens (tertiary/aromatic N) is 2. The zero-order chi connectivity index (χ0) is 13.1. The standard InChI is InChI=1S/C16H20N2O/c17-12-15-6-7-16(19-15)8-10-18(11-9-16)13-14-4-2-1-3-5-14/h1-5,15H,6-11,13H2. The summed E-state index contributed by atoms with van der Waals surface area (Å²) in [5, 5.41) is 8.94. The molecule has 0 N–H and O–H groups in total. The second-order valence-corrected chi connectivity index (χ2v) is 5.72. The third-order valence-corrected chi connectivity index (χ3v) is 4.41. The summed E-state index contributed by atoms with van der Waals surface area (Å²) >= 11 is 0. The summed E-state index contributed by atoms with van der Waals surface area (Å²) < 4.78 is 5.95. The van der Waals surface area contributed by atoms with Crippen LogP contribution in [0.5, 0.6) is 0 Å². The SMILES string of the molecule is N#CC1CCC2(CCN(Cc3ccccc3)CC2)O1. The Bertz CT molecular complexity index is 457. The number of rotatable bonds is 2. The van der Waals surface area contributed by atoms with Gasteiger partial charge in [-0.1, -0.05) is 30.3 Å². The number of benzene rings is 1. The molecule has 100 valence electrons. The van der Waals surface area contributed by atoms with Crippen LogP contribution < -0.4 is 0 Å². The van der Waals surface area contributed by atoms with Gasteiger partial charge in [-0.25, -0.2) is 0 Å². The molecular weight excluding hydrogens is 236 g/mol. The highest BCUT2D eigenvalue weighted by Crippen LogP contribution is 2.38. The van der Waals surface area contributed by atoms with Crippen molar-refractivity contribution in [1.82, 2.24) is 4.90 Å². The third kappa shape index (κ3) is 2.80. The van der Waals surface area contributed by atoms with Crippen molar-refractivity contribution in [2.75, 3.05) is 13.1 Å². The zero-order valence-corrected chi connectivity index (χ0v) is 11.2. The minimum atomic E-state index is -0.166. The molecule has 2 fully saturated rings. The highest BCUT2D eigenvalue weighted by atomic mass is 16.5. The topological polar surface area (TPSA) is 36.3 Å². The maximum absolute atomic E-state index is 8.94. The summed E-state index contributed by atoms with van der Waals surface area (Å²) in [4.78, 5) is 2.49. The first kappa shape index (κ1) is 12.7. The lowest BCUT2D eigenvalue weighted by Crippen LogP contribution is -2.44. The lowest BCUT2D eigenvalue weighted by Gasteiger charge is -2.38. The van der Waals surface area contributed by atoms with E-state index in [0.29, 0.717) is 0 Å². The first-order valence-electron chi connectivity index (χ1n) is 7.13. The normalized spacial score (nSPS) is 26.4. The van der Waals surface area contributed by atoms with Crippen LogP contribution in [-0.2, 0) is 11.3 Å². The van der Waals surface area contributed by atoms with Crippen molar-refractivity contribution in [2.45, 2.75) is 43.9 Å². The van der Waals surface area contributed by atoms with E-state index in [-0.39, 0.29) is 11.7 Å². The van der Waals surface area contributed by atoms with E-state index in [0.717, 1.165) is 45.3 Å². The molecule has 1 atom stereocenters. The molecule has 1 spiro atoms. The molecule has 0 bridgehead atoms. The van der Waals surface area contributed by atoms with Crippen molar-refractivity contribution in [3.8, 4) is 6.07 Å². The molecule has 1 aromatic rings. The Morgan fingerprint density at radius 3 is 2.58 bits per heavy atom. The van der Waals surface area contributed by atoms with Gasteiger partial charge in [-0.05, 0) is 31.2 Å². The Morgan fingerprint density at radius 1 is 1.21 bits per heavy atom. The number of piperidine rings is 1. The molecule has 3 rings (SSSR count). The molecule has 0 amide bonds. The molecule has 2 saturated heterocycles. The second kappa shape index (κ2) is 5.32. The van der Waals surface area contributed by atoms with E-state index < -0.39 is 0 Å². The number of hydrogen-bond acceptors (Lipinski definition) is 3. The molecule has 3 heteroatoms. The van der Waals surface area contributed by atoms with Crippen molar-refractivity contribution in [2.24, 2.45) is 0 Å². The summed E-state index contributed by atoms with van der Waals surface area (Å²) in [6.07, 6.45) is 3.94. The zero-order valence-electron chi connectivity index (χ0n) is 11.2. The van der Waals surface area contributed by atoms with Gasteiger partial charge in [-0.15, -0.1) is 0 Å². The monoisotopic (exact) mass is 256 g/mol. The summed E-state index contributed by atoms with van der Waals surface area (Å²) in [7, 11) is 0.